The van der Waals surface area contributed by atoms with Gasteiger partial charge in [-0.1, -0.05) is 0 Å². The van der Waals surface area contributed by atoms with Crippen molar-refractivity contribution in [3.05, 3.63) is 35.4 Å². The van der Waals surface area contributed by atoms with Gasteiger partial charge in [0.1, 0.15) is 11.6 Å². The zero-order chi connectivity index (χ0) is 15.4. The molecule has 1 aliphatic rings. The van der Waals surface area contributed by atoms with Gasteiger partial charge in [0.25, 0.3) is 0 Å². The number of benzene rings is 1. The van der Waals surface area contributed by atoms with Crippen LogP contribution in [0.3, 0.4) is 0 Å². The monoisotopic (exact) mass is 297 g/mol. The number of nitrogens with zero attached hydrogens (tertiary/aromatic N) is 1. The Morgan fingerprint density at radius 1 is 1.38 bits per heavy atom. The third kappa shape index (κ3) is 4.39. The van der Waals surface area contributed by atoms with Gasteiger partial charge in [0.15, 0.2) is 5.96 Å². The second kappa shape index (κ2) is 6.85. The molecule has 1 unspecified atom stereocenters. The van der Waals surface area contributed by atoms with Crippen molar-refractivity contribution in [3.8, 4) is 0 Å². The quantitative estimate of drug-likeness (QED) is 0.647. The Morgan fingerprint density at radius 2 is 2.00 bits per heavy atom. The molecular weight excluding hydrogens is 276 g/mol. The van der Waals surface area contributed by atoms with Crippen LogP contribution in [0.15, 0.2) is 23.2 Å². The normalized spacial score (nSPS) is 23.5. The van der Waals surface area contributed by atoms with Gasteiger partial charge in [0.2, 0.25) is 0 Å². The van der Waals surface area contributed by atoms with E-state index in [0.29, 0.717) is 18.1 Å². The zero-order valence-corrected chi connectivity index (χ0v) is 12.3. The van der Waals surface area contributed by atoms with Crippen molar-refractivity contribution in [3.63, 3.8) is 0 Å². The Hall–Kier alpha value is -1.69. The lowest BCUT2D eigenvalue weighted by Crippen LogP contribution is -2.42. The second-order valence-corrected chi connectivity index (χ2v) is 5.54. The Morgan fingerprint density at radius 3 is 2.57 bits per heavy atom. The maximum atomic E-state index is 13.2. The van der Waals surface area contributed by atoms with E-state index in [2.05, 4.69) is 10.3 Å². The Balaban J connectivity index is 1.85. The number of nitrogens with one attached hydrogen (secondary N) is 1. The second-order valence-electron chi connectivity index (χ2n) is 5.54. The molecule has 4 nitrogen and oxygen atoms in total. The highest BCUT2D eigenvalue weighted by Gasteiger charge is 2.31. The Bertz CT molecular complexity index is 495. The van der Waals surface area contributed by atoms with Crippen LogP contribution in [0.1, 0.15) is 31.2 Å². The molecule has 1 saturated carbocycles. The van der Waals surface area contributed by atoms with E-state index in [9.17, 15) is 8.78 Å². The first-order valence-corrected chi connectivity index (χ1v) is 7.02. The van der Waals surface area contributed by atoms with E-state index in [1.54, 1.807) is 7.11 Å². The molecule has 21 heavy (non-hydrogen) atoms. The number of guanidine groups is 1. The van der Waals surface area contributed by atoms with Crippen LogP contribution in [0.4, 0.5) is 8.78 Å². The maximum absolute atomic E-state index is 13.2. The summed E-state index contributed by atoms with van der Waals surface area (Å²) in [4.78, 5) is 4.37. The van der Waals surface area contributed by atoms with E-state index in [0.717, 1.165) is 18.9 Å². The van der Waals surface area contributed by atoms with E-state index in [4.69, 9.17) is 10.5 Å². The molecular formula is C15H21F2N3O. The largest absolute Gasteiger partial charge is 0.383 e. The summed E-state index contributed by atoms with van der Waals surface area (Å²) >= 11 is 0. The maximum Gasteiger partial charge on any atom is 0.189 e. The van der Waals surface area contributed by atoms with E-state index >= 15 is 0 Å². The van der Waals surface area contributed by atoms with Crippen molar-refractivity contribution < 1.29 is 13.5 Å². The third-order valence-electron chi connectivity index (χ3n) is 3.60. The minimum absolute atomic E-state index is 0.0898. The topological polar surface area (TPSA) is 59.6 Å². The molecule has 2 rings (SSSR count). The minimum Gasteiger partial charge on any atom is -0.383 e. The average molecular weight is 297 g/mol. The van der Waals surface area contributed by atoms with Crippen LogP contribution >= 0.6 is 0 Å². The van der Waals surface area contributed by atoms with Crippen LogP contribution in [0, 0.1) is 11.6 Å². The van der Waals surface area contributed by atoms with E-state index < -0.39 is 11.6 Å². The zero-order valence-electron chi connectivity index (χ0n) is 12.3. The summed E-state index contributed by atoms with van der Waals surface area (Å²) in [6.07, 6.45) is 1.51. The molecule has 0 saturated heterocycles. The summed E-state index contributed by atoms with van der Waals surface area (Å²) in [6.45, 7) is 2.50. The summed E-state index contributed by atoms with van der Waals surface area (Å²) in [5.41, 5.74) is 6.50. The standard InChI is InChI=1S/C15H21F2N3O/c1-9(8-21-2)19-15(18)20-14-5-11(6-14)10-3-12(16)7-13(17)4-10/h3-4,7,9,11,14H,5-6,8H2,1-2H3,(H3,18,19,20). The van der Waals surface area contributed by atoms with Gasteiger partial charge in [-0.25, -0.2) is 8.78 Å². The Kier molecular flexibility index (Phi) is 5.12. The molecule has 116 valence electrons. The van der Waals surface area contributed by atoms with Gasteiger partial charge in [-0.15, -0.1) is 0 Å². The number of ether oxygens (including phenoxy) is 1. The number of hydrogen-bond acceptors (Lipinski definition) is 2. The smallest absolute Gasteiger partial charge is 0.189 e. The van der Waals surface area contributed by atoms with Gasteiger partial charge < -0.3 is 15.8 Å². The highest BCUT2D eigenvalue weighted by Crippen LogP contribution is 2.39. The van der Waals surface area contributed by atoms with Gasteiger partial charge >= 0.3 is 0 Å². The van der Waals surface area contributed by atoms with Crippen LogP contribution in [-0.4, -0.2) is 31.8 Å². The number of hydrogen-bond donors (Lipinski definition) is 2. The summed E-state index contributed by atoms with van der Waals surface area (Å²) in [7, 11) is 1.63. The molecule has 1 atom stereocenters. The predicted octanol–water partition coefficient (Wildman–Crippen LogP) is 2.15. The van der Waals surface area contributed by atoms with Crippen LogP contribution in [0.5, 0.6) is 0 Å². The fourth-order valence-corrected chi connectivity index (χ4v) is 2.55. The van der Waals surface area contributed by atoms with Crippen LogP contribution in [-0.2, 0) is 4.74 Å². The molecule has 1 fully saturated rings. The molecule has 0 amide bonds. The van der Waals surface area contributed by atoms with Crippen molar-refractivity contribution in [1.29, 1.82) is 0 Å². The third-order valence-corrected chi connectivity index (χ3v) is 3.60. The first-order chi connectivity index (χ1) is 9.97. The molecule has 3 N–H and O–H groups in total. The van der Waals surface area contributed by atoms with Gasteiger partial charge in [0.05, 0.1) is 12.6 Å². The molecule has 0 aliphatic heterocycles. The van der Waals surface area contributed by atoms with Gasteiger partial charge in [-0.3, -0.25) is 4.99 Å². The molecule has 0 spiro atoms. The molecule has 0 radical (unpaired) electrons. The lowest BCUT2D eigenvalue weighted by Gasteiger charge is -2.33. The van der Waals surface area contributed by atoms with E-state index in [-0.39, 0.29) is 18.0 Å². The first kappa shape index (κ1) is 15.7. The highest BCUT2D eigenvalue weighted by atomic mass is 19.1. The molecule has 6 heteroatoms. The average Bonchev–Trinajstić information content (AvgIpc) is 2.32. The van der Waals surface area contributed by atoms with Crippen molar-refractivity contribution in [2.24, 2.45) is 10.7 Å². The molecule has 0 aromatic heterocycles. The summed E-state index contributed by atoms with van der Waals surface area (Å²) < 4.78 is 31.3. The summed E-state index contributed by atoms with van der Waals surface area (Å²) in [6, 6.07) is 3.85. The number of rotatable bonds is 5. The van der Waals surface area contributed by atoms with E-state index in [1.165, 1.54) is 12.1 Å². The van der Waals surface area contributed by atoms with Gasteiger partial charge in [0, 0.05) is 19.2 Å². The summed E-state index contributed by atoms with van der Waals surface area (Å²) in [5.74, 6) is -0.542. The van der Waals surface area contributed by atoms with Crippen molar-refractivity contribution >= 4 is 5.96 Å². The lowest BCUT2D eigenvalue weighted by atomic mass is 9.76. The number of halogens is 2. The van der Waals surface area contributed by atoms with Gasteiger partial charge in [-0.2, -0.15) is 0 Å². The van der Waals surface area contributed by atoms with Crippen LogP contribution in [0.2, 0.25) is 0 Å². The van der Waals surface area contributed by atoms with Crippen molar-refractivity contribution in [1.82, 2.24) is 5.32 Å². The van der Waals surface area contributed by atoms with Crippen LogP contribution < -0.4 is 11.1 Å². The van der Waals surface area contributed by atoms with Crippen LogP contribution in [0.25, 0.3) is 0 Å². The minimum atomic E-state index is -0.536. The van der Waals surface area contributed by atoms with Gasteiger partial charge in [-0.05, 0) is 43.4 Å². The molecule has 1 aromatic rings. The molecule has 1 aromatic carbocycles. The number of aliphatic imine (C=N–C) groups is 1. The molecule has 1 aliphatic carbocycles. The van der Waals surface area contributed by atoms with E-state index in [1.807, 2.05) is 6.92 Å². The SMILES string of the molecule is COCC(C)NC(N)=NC1CC(c2cc(F)cc(F)c2)C1. The number of methoxy groups -OCH3 is 1. The Labute approximate surface area is 123 Å². The van der Waals surface area contributed by atoms with Crippen molar-refractivity contribution in [2.75, 3.05) is 13.7 Å². The first-order valence-electron chi connectivity index (χ1n) is 7.02. The summed E-state index contributed by atoms with van der Waals surface area (Å²) in [5, 5.41) is 3.04. The highest BCUT2D eigenvalue weighted by molar-refractivity contribution is 5.78. The molecule has 0 heterocycles. The molecule has 0 bridgehead atoms. The van der Waals surface area contributed by atoms with Crippen molar-refractivity contribution in [2.45, 2.75) is 37.8 Å². The predicted molar refractivity (Wildman–Crippen MR) is 78.2 cm³/mol. The number of nitrogens with two attached hydrogens (primary N) is 1. The lowest BCUT2D eigenvalue weighted by molar-refractivity contribution is 0.179. The fraction of sp³-hybridized carbons (Fsp3) is 0.533. The fourth-order valence-electron chi connectivity index (χ4n) is 2.55.